The number of hydrogen-bond donors (Lipinski definition) is 2. The van der Waals surface area contributed by atoms with E-state index in [2.05, 4.69) is 10.0 Å². The van der Waals surface area contributed by atoms with Crippen molar-refractivity contribution in [3.63, 3.8) is 0 Å². The number of rotatable bonds is 6. The number of amides is 3. The number of carbonyl (C=O) groups excluding carboxylic acids is 3. The Labute approximate surface area is 219 Å². The maximum Gasteiger partial charge on any atom is 0.279 e. The van der Waals surface area contributed by atoms with Crippen molar-refractivity contribution in [2.75, 3.05) is 6.79 Å². The third-order valence-corrected chi connectivity index (χ3v) is 7.53. The number of ether oxygens (including phenoxy) is 3. The smallest absolute Gasteiger partial charge is 0.279 e. The van der Waals surface area contributed by atoms with Gasteiger partial charge in [0.1, 0.15) is 5.75 Å². The van der Waals surface area contributed by atoms with Crippen LogP contribution in [0.25, 0.3) is 0 Å². The van der Waals surface area contributed by atoms with Crippen molar-refractivity contribution >= 4 is 27.7 Å². The van der Waals surface area contributed by atoms with Gasteiger partial charge in [-0.3, -0.25) is 19.7 Å². The Kier molecular flexibility index (Phi) is 6.10. The molecule has 0 aromatic heterocycles. The Balaban J connectivity index is 1.46. The molecule has 0 fully saturated rings. The molecule has 1 unspecified atom stereocenters. The third-order valence-electron chi connectivity index (χ3n) is 6.16. The van der Waals surface area contributed by atoms with Gasteiger partial charge >= 0.3 is 0 Å². The van der Waals surface area contributed by atoms with Gasteiger partial charge in [0.05, 0.1) is 16.0 Å². The summed E-state index contributed by atoms with van der Waals surface area (Å²) in [6, 6.07) is 15.0. The van der Waals surface area contributed by atoms with E-state index in [1.165, 1.54) is 36.4 Å². The molecular formula is C27H24N2O8S. The molecule has 3 aromatic carbocycles. The minimum atomic E-state index is -4.25. The van der Waals surface area contributed by atoms with Crippen LogP contribution in [0.5, 0.6) is 17.2 Å². The first-order valence-electron chi connectivity index (χ1n) is 11.7. The van der Waals surface area contributed by atoms with E-state index in [0.29, 0.717) is 11.5 Å². The molecule has 0 radical (unpaired) electrons. The van der Waals surface area contributed by atoms with Crippen molar-refractivity contribution < 1.29 is 37.0 Å². The fraction of sp³-hybridized carbons (Fsp3) is 0.222. The van der Waals surface area contributed by atoms with Gasteiger partial charge in [0.2, 0.25) is 12.9 Å². The lowest BCUT2D eigenvalue weighted by Crippen LogP contribution is -2.37. The minimum Gasteiger partial charge on any atom is -0.476 e. The summed E-state index contributed by atoms with van der Waals surface area (Å²) in [6.07, 6.45) is -1.45. The second kappa shape index (κ2) is 9.18. The summed E-state index contributed by atoms with van der Waals surface area (Å²) < 4.78 is 44.9. The summed E-state index contributed by atoms with van der Waals surface area (Å²) in [4.78, 5) is 37.3. The number of carbonyl (C=O) groups is 3. The van der Waals surface area contributed by atoms with Crippen LogP contribution >= 0.6 is 0 Å². The molecule has 0 saturated carbocycles. The SMILES string of the molecule is CC(C)(C)c1ccc(S(=O)(=O)NC(=O)C(Oc2ccc3c(c2)C(=O)NC3=O)c2ccc3c(c2)OCO3)cc1. The predicted octanol–water partition coefficient (Wildman–Crippen LogP) is 3.22. The zero-order valence-corrected chi connectivity index (χ0v) is 21.5. The number of nitrogens with one attached hydrogen (secondary N) is 2. The highest BCUT2D eigenvalue weighted by atomic mass is 32.2. The van der Waals surface area contributed by atoms with E-state index < -0.39 is 33.8 Å². The van der Waals surface area contributed by atoms with Crippen LogP contribution in [0.2, 0.25) is 0 Å². The van der Waals surface area contributed by atoms with Crippen LogP contribution in [-0.2, 0) is 20.2 Å². The largest absolute Gasteiger partial charge is 0.476 e. The molecule has 0 spiro atoms. The van der Waals surface area contributed by atoms with E-state index in [1.54, 1.807) is 24.3 Å². The molecule has 10 nitrogen and oxygen atoms in total. The fourth-order valence-corrected chi connectivity index (χ4v) is 5.07. The molecule has 5 rings (SSSR count). The van der Waals surface area contributed by atoms with Gasteiger partial charge < -0.3 is 14.2 Å². The standard InChI is InChI=1S/C27H24N2O8S/c1-27(2,3)16-5-8-18(9-6-16)38(33,34)29-26(32)23(15-4-11-21-22(12-15)36-14-35-21)37-17-7-10-19-20(13-17)25(31)28-24(19)30/h4-13,23H,14H2,1-3H3,(H,29,32)(H,28,30,31). The van der Waals surface area contributed by atoms with Gasteiger partial charge in [0.25, 0.3) is 27.7 Å². The molecule has 2 N–H and O–H groups in total. The molecule has 0 aliphatic carbocycles. The maximum atomic E-state index is 13.4. The Morgan fingerprint density at radius 2 is 1.61 bits per heavy atom. The zero-order chi connectivity index (χ0) is 27.2. The van der Waals surface area contributed by atoms with E-state index >= 15 is 0 Å². The quantitative estimate of drug-likeness (QED) is 0.458. The number of hydrogen-bond acceptors (Lipinski definition) is 8. The Morgan fingerprint density at radius 3 is 2.32 bits per heavy atom. The average Bonchev–Trinajstić information content (AvgIpc) is 3.45. The first-order chi connectivity index (χ1) is 17.9. The minimum absolute atomic E-state index is 0.00338. The van der Waals surface area contributed by atoms with Crippen molar-refractivity contribution in [1.29, 1.82) is 0 Å². The van der Waals surface area contributed by atoms with E-state index in [1.807, 2.05) is 20.8 Å². The summed E-state index contributed by atoms with van der Waals surface area (Å²) >= 11 is 0. The van der Waals surface area contributed by atoms with Crippen molar-refractivity contribution in [3.05, 3.63) is 82.9 Å². The van der Waals surface area contributed by atoms with Gasteiger partial charge in [0.15, 0.2) is 11.5 Å². The summed E-state index contributed by atoms with van der Waals surface area (Å²) in [7, 11) is -4.25. The highest BCUT2D eigenvalue weighted by Crippen LogP contribution is 2.36. The highest BCUT2D eigenvalue weighted by Gasteiger charge is 2.32. The summed E-state index contributed by atoms with van der Waals surface area (Å²) in [5.41, 5.74) is 1.30. The lowest BCUT2D eigenvalue weighted by Gasteiger charge is -2.21. The van der Waals surface area contributed by atoms with E-state index in [0.717, 1.165) is 5.56 Å². The van der Waals surface area contributed by atoms with Gasteiger partial charge in [0, 0.05) is 5.56 Å². The molecule has 3 amide bonds. The van der Waals surface area contributed by atoms with E-state index in [4.69, 9.17) is 14.2 Å². The third kappa shape index (κ3) is 4.80. The summed E-state index contributed by atoms with van der Waals surface area (Å²) in [6.45, 7) is 6.02. The molecule has 196 valence electrons. The first-order valence-corrected chi connectivity index (χ1v) is 13.1. The zero-order valence-electron chi connectivity index (χ0n) is 20.7. The summed E-state index contributed by atoms with van der Waals surface area (Å²) in [5, 5.41) is 2.19. The van der Waals surface area contributed by atoms with Crippen LogP contribution in [0.15, 0.2) is 65.6 Å². The van der Waals surface area contributed by atoms with E-state index in [9.17, 15) is 22.8 Å². The van der Waals surface area contributed by atoms with Gasteiger partial charge in [-0.15, -0.1) is 0 Å². The summed E-state index contributed by atoms with van der Waals surface area (Å²) in [5.74, 6) is -1.19. The Hall–Kier alpha value is -4.38. The van der Waals surface area contributed by atoms with Crippen LogP contribution in [0.1, 0.15) is 58.7 Å². The van der Waals surface area contributed by atoms with Crippen LogP contribution < -0.4 is 24.2 Å². The van der Waals surface area contributed by atoms with Crippen LogP contribution in [0, 0.1) is 0 Å². The molecule has 0 saturated heterocycles. The number of imide groups is 1. The van der Waals surface area contributed by atoms with Crippen LogP contribution in [-0.4, -0.2) is 32.9 Å². The van der Waals surface area contributed by atoms with Crippen molar-refractivity contribution in [1.82, 2.24) is 10.0 Å². The van der Waals surface area contributed by atoms with E-state index in [-0.39, 0.29) is 39.5 Å². The predicted molar refractivity (Wildman–Crippen MR) is 135 cm³/mol. The van der Waals surface area contributed by atoms with Crippen LogP contribution in [0.3, 0.4) is 0 Å². The lowest BCUT2D eigenvalue weighted by atomic mass is 9.87. The molecule has 11 heteroatoms. The fourth-order valence-electron chi connectivity index (χ4n) is 4.08. The van der Waals surface area contributed by atoms with Crippen molar-refractivity contribution in [2.24, 2.45) is 0 Å². The van der Waals surface area contributed by atoms with Crippen molar-refractivity contribution in [3.8, 4) is 17.2 Å². The molecule has 2 aliphatic heterocycles. The first kappa shape index (κ1) is 25.3. The van der Waals surface area contributed by atoms with Crippen LogP contribution in [0.4, 0.5) is 0 Å². The number of benzene rings is 3. The second-order valence-corrected chi connectivity index (χ2v) is 11.5. The Morgan fingerprint density at radius 1 is 0.921 bits per heavy atom. The van der Waals surface area contributed by atoms with Gasteiger partial charge in [-0.2, -0.15) is 0 Å². The normalized spacial score (nSPS) is 15.0. The molecule has 3 aromatic rings. The maximum absolute atomic E-state index is 13.4. The van der Waals surface area contributed by atoms with Gasteiger partial charge in [-0.1, -0.05) is 39.0 Å². The molecule has 2 heterocycles. The molecular weight excluding hydrogens is 512 g/mol. The topological polar surface area (TPSA) is 137 Å². The van der Waals surface area contributed by atoms with Gasteiger partial charge in [-0.25, -0.2) is 13.1 Å². The van der Waals surface area contributed by atoms with Gasteiger partial charge in [-0.05, 0) is 53.4 Å². The molecule has 1 atom stereocenters. The highest BCUT2D eigenvalue weighted by molar-refractivity contribution is 7.90. The second-order valence-electron chi connectivity index (χ2n) is 9.85. The Bertz CT molecular complexity index is 1570. The lowest BCUT2D eigenvalue weighted by molar-refractivity contribution is -0.126. The number of sulfonamides is 1. The monoisotopic (exact) mass is 536 g/mol. The van der Waals surface area contributed by atoms with Crippen molar-refractivity contribution in [2.45, 2.75) is 37.2 Å². The average molecular weight is 537 g/mol. The number of fused-ring (bicyclic) bond motifs is 2. The molecule has 38 heavy (non-hydrogen) atoms. The molecule has 2 aliphatic rings. The molecule has 0 bridgehead atoms.